The van der Waals surface area contributed by atoms with Gasteiger partial charge < -0.3 is 5.73 Å². The van der Waals surface area contributed by atoms with Gasteiger partial charge in [-0.25, -0.2) is 0 Å². The van der Waals surface area contributed by atoms with Gasteiger partial charge in [0.1, 0.15) is 4.90 Å². The minimum Gasteiger partial charge on any atom is -0.398 e. The average Bonchev–Trinajstić information content (AvgIpc) is 2.46. The molecular formula is C16H13NO3S. The SMILES string of the molecule is Nc1ccc2c(S(=O)(=O)O)cccc2c1-c1ccccc1. The van der Waals surface area contributed by atoms with Crippen LogP contribution < -0.4 is 5.73 Å². The lowest BCUT2D eigenvalue weighted by Crippen LogP contribution is -2.00. The molecule has 0 unspecified atom stereocenters. The van der Waals surface area contributed by atoms with Crippen LogP contribution in [0.2, 0.25) is 0 Å². The average molecular weight is 299 g/mol. The zero-order valence-corrected chi connectivity index (χ0v) is 11.8. The first-order valence-electron chi connectivity index (χ1n) is 6.32. The third-order valence-corrected chi connectivity index (χ3v) is 4.31. The molecule has 4 nitrogen and oxygen atoms in total. The summed E-state index contributed by atoms with van der Waals surface area (Å²) in [6.45, 7) is 0. The van der Waals surface area contributed by atoms with Gasteiger partial charge in [0.2, 0.25) is 0 Å². The second kappa shape index (κ2) is 4.87. The van der Waals surface area contributed by atoms with Gasteiger partial charge in [0.05, 0.1) is 0 Å². The summed E-state index contributed by atoms with van der Waals surface area (Å²) in [6, 6.07) is 17.5. The van der Waals surface area contributed by atoms with Crippen molar-refractivity contribution in [2.75, 3.05) is 5.73 Å². The quantitative estimate of drug-likeness (QED) is 0.562. The lowest BCUT2D eigenvalue weighted by atomic mass is 9.96. The molecule has 0 fully saturated rings. The predicted molar refractivity (Wildman–Crippen MR) is 83.6 cm³/mol. The number of nitrogens with two attached hydrogens (primary N) is 1. The Balaban J connectivity index is 2.44. The van der Waals surface area contributed by atoms with Crippen LogP contribution in [0.25, 0.3) is 21.9 Å². The zero-order valence-electron chi connectivity index (χ0n) is 11.0. The van der Waals surface area contributed by atoms with Crippen molar-refractivity contribution in [1.29, 1.82) is 0 Å². The Bertz CT molecular complexity index is 919. The molecule has 0 heterocycles. The first-order valence-corrected chi connectivity index (χ1v) is 7.76. The summed E-state index contributed by atoms with van der Waals surface area (Å²) in [5.41, 5.74) is 8.28. The van der Waals surface area contributed by atoms with Crippen molar-refractivity contribution in [1.82, 2.24) is 0 Å². The van der Waals surface area contributed by atoms with Gasteiger partial charge in [0, 0.05) is 16.6 Å². The van der Waals surface area contributed by atoms with Crippen LogP contribution in [0.4, 0.5) is 5.69 Å². The first kappa shape index (κ1) is 13.6. The van der Waals surface area contributed by atoms with Crippen molar-refractivity contribution >= 4 is 26.6 Å². The van der Waals surface area contributed by atoms with Crippen LogP contribution >= 0.6 is 0 Å². The van der Waals surface area contributed by atoms with Gasteiger partial charge in [-0.2, -0.15) is 8.42 Å². The molecule has 5 heteroatoms. The molecule has 0 aliphatic heterocycles. The summed E-state index contributed by atoms with van der Waals surface area (Å²) < 4.78 is 32.4. The molecule has 3 rings (SSSR count). The molecule has 3 aromatic carbocycles. The van der Waals surface area contributed by atoms with Gasteiger partial charge in [0.15, 0.2) is 0 Å². The molecule has 0 radical (unpaired) electrons. The van der Waals surface area contributed by atoms with E-state index in [1.807, 2.05) is 30.3 Å². The van der Waals surface area contributed by atoms with Crippen LogP contribution in [0.5, 0.6) is 0 Å². The van der Waals surface area contributed by atoms with Crippen molar-refractivity contribution < 1.29 is 13.0 Å². The molecule has 3 aromatic rings. The maximum atomic E-state index is 11.5. The molecule has 0 spiro atoms. The molecule has 0 aliphatic rings. The van der Waals surface area contributed by atoms with E-state index in [4.69, 9.17) is 5.73 Å². The van der Waals surface area contributed by atoms with Crippen LogP contribution in [-0.4, -0.2) is 13.0 Å². The Morgan fingerprint density at radius 3 is 2.19 bits per heavy atom. The standard InChI is InChI=1S/C16H13NO3S/c17-14-10-9-12-13(7-4-8-15(12)21(18,19)20)16(14)11-5-2-1-3-6-11/h1-10H,17H2,(H,18,19,20). The van der Waals surface area contributed by atoms with Crippen LogP contribution in [-0.2, 0) is 10.1 Å². The maximum absolute atomic E-state index is 11.5. The first-order chi connectivity index (χ1) is 9.98. The summed E-state index contributed by atoms with van der Waals surface area (Å²) in [4.78, 5) is -0.114. The van der Waals surface area contributed by atoms with Gasteiger partial charge >= 0.3 is 0 Å². The molecule has 0 aromatic heterocycles. The van der Waals surface area contributed by atoms with E-state index in [2.05, 4.69) is 0 Å². The molecule has 0 bridgehead atoms. The van der Waals surface area contributed by atoms with Crippen molar-refractivity contribution in [3.05, 3.63) is 60.7 Å². The van der Waals surface area contributed by atoms with Crippen LogP contribution in [0, 0.1) is 0 Å². The highest BCUT2D eigenvalue weighted by molar-refractivity contribution is 7.86. The Hall–Kier alpha value is -2.37. The summed E-state index contributed by atoms with van der Waals surface area (Å²) in [5, 5.41) is 1.14. The van der Waals surface area contributed by atoms with Crippen LogP contribution in [0.3, 0.4) is 0 Å². The Morgan fingerprint density at radius 2 is 1.52 bits per heavy atom. The van der Waals surface area contributed by atoms with E-state index < -0.39 is 10.1 Å². The third-order valence-electron chi connectivity index (χ3n) is 3.39. The largest absolute Gasteiger partial charge is 0.398 e. The monoisotopic (exact) mass is 299 g/mol. The summed E-state index contributed by atoms with van der Waals surface area (Å²) >= 11 is 0. The molecule has 0 amide bonds. The van der Waals surface area contributed by atoms with Gasteiger partial charge in [-0.15, -0.1) is 0 Å². The van der Waals surface area contributed by atoms with E-state index in [9.17, 15) is 13.0 Å². The molecule has 106 valence electrons. The number of fused-ring (bicyclic) bond motifs is 1. The van der Waals surface area contributed by atoms with Gasteiger partial charge in [0.25, 0.3) is 10.1 Å². The Morgan fingerprint density at radius 1 is 0.810 bits per heavy atom. The highest BCUT2D eigenvalue weighted by atomic mass is 32.2. The van der Waals surface area contributed by atoms with Gasteiger partial charge in [-0.1, -0.05) is 48.5 Å². The van der Waals surface area contributed by atoms with E-state index in [0.29, 0.717) is 16.5 Å². The fourth-order valence-electron chi connectivity index (χ4n) is 2.50. The minimum absolute atomic E-state index is 0.114. The Labute approximate surface area is 122 Å². The van der Waals surface area contributed by atoms with Gasteiger partial charge in [-0.3, -0.25) is 4.55 Å². The predicted octanol–water partition coefficient (Wildman–Crippen LogP) is 3.34. The highest BCUT2D eigenvalue weighted by Gasteiger charge is 2.16. The number of hydrogen-bond acceptors (Lipinski definition) is 3. The molecule has 21 heavy (non-hydrogen) atoms. The smallest absolute Gasteiger partial charge is 0.295 e. The van der Waals surface area contributed by atoms with E-state index in [-0.39, 0.29) is 4.90 Å². The van der Waals surface area contributed by atoms with Crippen molar-refractivity contribution in [2.45, 2.75) is 4.90 Å². The van der Waals surface area contributed by atoms with E-state index in [0.717, 1.165) is 11.1 Å². The minimum atomic E-state index is -4.28. The molecular weight excluding hydrogens is 286 g/mol. The number of benzene rings is 3. The lowest BCUT2D eigenvalue weighted by Gasteiger charge is -2.12. The molecule has 3 N–H and O–H groups in total. The number of anilines is 1. The van der Waals surface area contributed by atoms with Crippen molar-refractivity contribution in [3.8, 4) is 11.1 Å². The summed E-state index contributed by atoms with van der Waals surface area (Å²) in [7, 11) is -4.28. The molecule has 0 atom stereocenters. The van der Waals surface area contributed by atoms with Crippen LogP contribution in [0.1, 0.15) is 0 Å². The lowest BCUT2D eigenvalue weighted by molar-refractivity contribution is 0.484. The number of hydrogen-bond donors (Lipinski definition) is 2. The molecule has 0 saturated heterocycles. The normalized spacial score (nSPS) is 11.7. The zero-order chi connectivity index (χ0) is 15.0. The maximum Gasteiger partial charge on any atom is 0.295 e. The molecule has 0 saturated carbocycles. The van der Waals surface area contributed by atoms with E-state index in [1.165, 1.54) is 6.07 Å². The number of rotatable bonds is 2. The second-order valence-electron chi connectivity index (χ2n) is 4.72. The fourth-order valence-corrected chi connectivity index (χ4v) is 3.20. The third kappa shape index (κ3) is 2.37. The van der Waals surface area contributed by atoms with E-state index in [1.54, 1.807) is 24.3 Å². The van der Waals surface area contributed by atoms with E-state index >= 15 is 0 Å². The van der Waals surface area contributed by atoms with Gasteiger partial charge in [-0.05, 0) is 23.1 Å². The van der Waals surface area contributed by atoms with Crippen LogP contribution in [0.15, 0.2) is 65.6 Å². The fraction of sp³-hybridized carbons (Fsp3) is 0. The topological polar surface area (TPSA) is 80.4 Å². The molecule has 0 aliphatic carbocycles. The van der Waals surface area contributed by atoms with Crippen molar-refractivity contribution in [2.24, 2.45) is 0 Å². The summed E-state index contributed by atoms with van der Waals surface area (Å²) in [6.07, 6.45) is 0. The number of nitrogen functional groups attached to an aromatic ring is 1. The second-order valence-corrected chi connectivity index (χ2v) is 6.11. The highest BCUT2D eigenvalue weighted by Crippen LogP contribution is 2.36. The Kier molecular flexibility index (Phi) is 3.16. The summed E-state index contributed by atoms with van der Waals surface area (Å²) in [5.74, 6) is 0. The van der Waals surface area contributed by atoms with Crippen molar-refractivity contribution in [3.63, 3.8) is 0 Å².